The van der Waals surface area contributed by atoms with E-state index in [-0.39, 0.29) is 18.4 Å². The number of benzene rings is 1. The van der Waals surface area contributed by atoms with Crippen molar-refractivity contribution in [1.29, 1.82) is 0 Å². The molecule has 0 heterocycles. The van der Waals surface area contributed by atoms with Gasteiger partial charge in [-0.1, -0.05) is 0 Å². The van der Waals surface area contributed by atoms with Gasteiger partial charge < -0.3 is 15.3 Å². The highest BCUT2D eigenvalue weighted by molar-refractivity contribution is 5.66. The van der Waals surface area contributed by atoms with E-state index in [0.29, 0.717) is 12.8 Å². The lowest BCUT2D eigenvalue weighted by Crippen LogP contribution is -1.98. The number of nitro benzene ring substituents is 1. The van der Waals surface area contributed by atoms with Gasteiger partial charge in [0.25, 0.3) is 0 Å². The average Bonchev–Trinajstić information content (AvgIpc) is 2.28. The van der Waals surface area contributed by atoms with E-state index < -0.39 is 28.1 Å². The van der Waals surface area contributed by atoms with Crippen molar-refractivity contribution in [2.45, 2.75) is 25.7 Å². The number of nitrogens with zero attached hydrogens (tertiary/aromatic N) is 1. The first kappa shape index (κ1) is 13.8. The van der Waals surface area contributed by atoms with Crippen LogP contribution in [0.2, 0.25) is 0 Å². The Morgan fingerprint density at radius 3 is 2.50 bits per heavy atom. The minimum atomic E-state index is -0.918. The van der Waals surface area contributed by atoms with Gasteiger partial charge >= 0.3 is 11.7 Å². The maximum Gasteiger partial charge on any atom is 0.317 e. The molecular weight excluding hydrogens is 242 g/mol. The first-order valence-corrected chi connectivity index (χ1v) is 5.33. The van der Waals surface area contributed by atoms with Gasteiger partial charge in [0.15, 0.2) is 5.75 Å². The molecular formula is C11H13NO6. The molecule has 0 spiro atoms. The van der Waals surface area contributed by atoms with Crippen molar-refractivity contribution >= 4 is 11.7 Å². The lowest BCUT2D eigenvalue weighted by atomic mass is 10.0. The van der Waals surface area contributed by atoms with Crippen LogP contribution in [0.15, 0.2) is 12.1 Å². The molecule has 0 amide bonds. The Bertz CT molecular complexity index is 471. The molecule has 0 aliphatic heterocycles. The Morgan fingerprint density at radius 2 is 1.94 bits per heavy atom. The molecule has 1 aromatic rings. The quantitative estimate of drug-likeness (QED) is 0.308. The number of carboxylic acids is 1. The number of carbonyl (C=O) groups is 1. The van der Waals surface area contributed by atoms with Crippen LogP contribution >= 0.6 is 0 Å². The first-order valence-electron chi connectivity index (χ1n) is 5.33. The molecule has 0 aliphatic carbocycles. The minimum absolute atomic E-state index is 0.00212. The summed E-state index contributed by atoms with van der Waals surface area (Å²) in [6, 6.07) is 2.53. The number of carboxylic acid groups (broad SMARTS) is 1. The zero-order valence-corrected chi connectivity index (χ0v) is 9.50. The normalized spacial score (nSPS) is 10.2. The van der Waals surface area contributed by atoms with E-state index >= 15 is 0 Å². The van der Waals surface area contributed by atoms with Gasteiger partial charge in [-0.25, -0.2) is 0 Å². The summed E-state index contributed by atoms with van der Waals surface area (Å²) in [6.45, 7) is 0. The third kappa shape index (κ3) is 3.34. The average molecular weight is 255 g/mol. The maximum atomic E-state index is 10.8. The lowest BCUT2D eigenvalue weighted by molar-refractivity contribution is -0.386. The summed E-state index contributed by atoms with van der Waals surface area (Å²) in [5.74, 6) is -2.22. The van der Waals surface area contributed by atoms with E-state index in [1.54, 1.807) is 0 Å². The number of aromatic hydroxyl groups is 2. The van der Waals surface area contributed by atoms with Crippen LogP contribution < -0.4 is 0 Å². The van der Waals surface area contributed by atoms with Crippen LogP contribution in [0, 0.1) is 10.1 Å². The van der Waals surface area contributed by atoms with Gasteiger partial charge in [0, 0.05) is 12.0 Å². The molecule has 0 radical (unpaired) electrons. The zero-order chi connectivity index (χ0) is 13.7. The van der Waals surface area contributed by atoms with E-state index in [1.807, 2.05) is 0 Å². The molecule has 0 fully saturated rings. The molecule has 1 aromatic carbocycles. The second-order valence-electron chi connectivity index (χ2n) is 3.80. The van der Waals surface area contributed by atoms with E-state index in [4.69, 9.17) is 5.11 Å². The number of rotatable bonds is 6. The highest BCUT2D eigenvalue weighted by atomic mass is 16.6. The summed E-state index contributed by atoms with van der Waals surface area (Å²) in [5, 5.41) is 37.8. The Morgan fingerprint density at radius 1 is 1.28 bits per heavy atom. The second-order valence-corrected chi connectivity index (χ2v) is 3.80. The Labute approximate surface area is 102 Å². The molecule has 0 aromatic heterocycles. The first-order chi connectivity index (χ1) is 8.43. The largest absolute Gasteiger partial charge is 0.504 e. The molecule has 0 bridgehead atoms. The number of phenolic OH excluding ortho intramolecular Hbond substituents is 2. The maximum absolute atomic E-state index is 10.8. The molecule has 98 valence electrons. The highest BCUT2D eigenvalue weighted by Crippen LogP contribution is 2.38. The number of phenols is 2. The summed E-state index contributed by atoms with van der Waals surface area (Å²) in [6.07, 6.45) is 1.13. The monoisotopic (exact) mass is 255 g/mol. The van der Waals surface area contributed by atoms with E-state index in [1.165, 1.54) is 12.1 Å². The third-order valence-electron chi connectivity index (χ3n) is 2.48. The van der Waals surface area contributed by atoms with Gasteiger partial charge in [0.2, 0.25) is 5.75 Å². The van der Waals surface area contributed by atoms with Crippen molar-refractivity contribution in [2.24, 2.45) is 0 Å². The summed E-state index contributed by atoms with van der Waals surface area (Å²) < 4.78 is 0. The van der Waals surface area contributed by atoms with Crippen LogP contribution in [-0.2, 0) is 11.2 Å². The predicted octanol–water partition coefficient (Wildman–Crippen LogP) is 1.80. The van der Waals surface area contributed by atoms with Crippen LogP contribution in [0.4, 0.5) is 5.69 Å². The van der Waals surface area contributed by atoms with Crippen LogP contribution in [0.25, 0.3) is 0 Å². The van der Waals surface area contributed by atoms with Crippen LogP contribution in [0.3, 0.4) is 0 Å². The predicted molar refractivity (Wildman–Crippen MR) is 61.6 cm³/mol. The zero-order valence-electron chi connectivity index (χ0n) is 9.50. The molecule has 3 N–H and O–H groups in total. The summed E-state index contributed by atoms with van der Waals surface area (Å²) in [5.41, 5.74) is -0.244. The number of hydrogen-bond acceptors (Lipinski definition) is 5. The minimum Gasteiger partial charge on any atom is -0.504 e. The topological polar surface area (TPSA) is 121 Å². The SMILES string of the molecule is O=C(O)CCCCc1ccc(O)c(O)c1[N+](=O)[O-]. The van der Waals surface area contributed by atoms with E-state index in [0.717, 1.165) is 0 Å². The van der Waals surface area contributed by atoms with Crippen molar-refractivity contribution in [1.82, 2.24) is 0 Å². The number of nitro groups is 1. The Hall–Kier alpha value is -2.31. The van der Waals surface area contributed by atoms with Gasteiger partial charge in [0.1, 0.15) is 0 Å². The summed E-state index contributed by atoms with van der Waals surface area (Å²) >= 11 is 0. The molecule has 0 aliphatic rings. The van der Waals surface area contributed by atoms with Crippen molar-refractivity contribution in [3.8, 4) is 11.5 Å². The van der Waals surface area contributed by atoms with Gasteiger partial charge in [-0.2, -0.15) is 0 Å². The Kier molecular flexibility index (Phi) is 4.47. The Balaban J connectivity index is 2.79. The third-order valence-corrected chi connectivity index (χ3v) is 2.48. The van der Waals surface area contributed by atoms with Gasteiger partial charge in [0.05, 0.1) is 4.92 Å². The highest BCUT2D eigenvalue weighted by Gasteiger charge is 2.22. The number of unbranched alkanes of at least 4 members (excludes halogenated alkanes) is 1. The lowest BCUT2D eigenvalue weighted by Gasteiger charge is -2.05. The standard InChI is InChI=1S/C11H13NO6/c13-8-6-5-7(3-1-2-4-9(14)15)10(11(8)16)12(17)18/h5-6,13,16H,1-4H2,(H,14,15). The number of aliphatic carboxylic acids is 1. The number of aryl methyl sites for hydroxylation is 1. The van der Waals surface area contributed by atoms with Gasteiger partial charge in [-0.15, -0.1) is 0 Å². The van der Waals surface area contributed by atoms with Crippen molar-refractivity contribution in [3.05, 3.63) is 27.8 Å². The van der Waals surface area contributed by atoms with Crippen LogP contribution in [-0.4, -0.2) is 26.2 Å². The van der Waals surface area contributed by atoms with Gasteiger partial charge in [-0.3, -0.25) is 14.9 Å². The molecule has 7 heteroatoms. The molecule has 1 rings (SSSR count). The van der Waals surface area contributed by atoms with Crippen molar-refractivity contribution in [3.63, 3.8) is 0 Å². The fourth-order valence-corrected chi connectivity index (χ4v) is 1.61. The molecule has 18 heavy (non-hydrogen) atoms. The molecule has 0 unspecified atom stereocenters. The van der Waals surface area contributed by atoms with Crippen molar-refractivity contribution < 1.29 is 25.0 Å². The fraction of sp³-hybridized carbons (Fsp3) is 0.364. The smallest absolute Gasteiger partial charge is 0.317 e. The number of hydrogen-bond donors (Lipinski definition) is 3. The molecule has 0 saturated carbocycles. The fourth-order valence-electron chi connectivity index (χ4n) is 1.61. The summed E-state index contributed by atoms with van der Waals surface area (Å²) in [4.78, 5) is 20.3. The van der Waals surface area contributed by atoms with Crippen molar-refractivity contribution in [2.75, 3.05) is 0 Å². The molecule has 0 saturated heterocycles. The second kappa shape index (κ2) is 5.85. The van der Waals surface area contributed by atoms with Crippen LogP contribution in [0.1, 0.15) is 24.8 Å². The molecule has 0 atom stereocenters. The van der Waals surface area contributed by atoms with Gasteiger partial charge in [-0.05, 0) is 31.4 Å². The molecule has 7 nitrogen and oxygen atoms in total. The van der Waals surface area contributed by atoms with E-state index in [9.17, 15) is 25.1 Å². The summed E-state index contributed by atoms with van der Waals surface area (Å²) in [7, 11) is 0. The van der Waals surface area contributed by atoms with E-state index in [2.05, 4.69) is 0 Å². The van der Waals surface area contributed by atoms with Crippen LogP contribution in [0.5, 0.6) is 11.5 Å².